The minimum atomic E-state index is -0.563. The number of aliphatic hydroxyl groups excluding tert-OH is 1. The highest BCUT2D eigenvalue weighted by atomic mass is 16.4. The number of nitrogens with zero attached hydrogens (tertiary/aromatic N) is 2. The first-order valence-electron chi connectivity index (χ1n) is 6.50. The summed E-state index contributed by atoms with van der Waals surface area (Å²) in [6.45, 7) is 4.86. The molecule has 19 heavy (non-hydrogen) atoms. The van der Waals surface area contributed by atoms with Crippen LogP contribution in [0.3, 0.4) is 0 Å². The molecule has 5 nitrogen and oxygen atoms in total. The van der Waals surface area contributed by atoms with Crippen LogP contribution >= 0.6 is 0 Å². The van der Waals surface area contributed by atoms with Crippen LogP contribution in [0.2, 0.25) is 0 Å². The molecule has 2 N–H and O–H groups in total. The van der Waals surface area contributed by atoms with Crippen LogP contribution in [0.25, 0.3) is 0 Å². The third-order valence-corrected chi connectivity index (χ3v) is 3.43. The first kappa shape index (κ1) is 13.8. The zero-order valence-corrected chi connectivity index (χ0v) is 11.6. The predicted molar refractivity (Wildman–Crippen MR) is 72.5 cm³/mol. The highest BCUT2D eigenvalue weighted by Crippen LogP contribution is 2.18. The molecule has 0 amide bonds. The van der Waals surface area contributed by atoms with Crippen molar-refractivity contribution in [2.75, 3.05) is 0 Å². The van der Waals surface area contributed by atoms with Crippen molar-refractivity contribution in [2.24, 2.45) is 7.05 Å². The second-order valence-electron chi connectivity index (χ2n) is 4.93. The van der Waals surface area contributed by atoms with Crippen molar-refractivity contribution in [3.8, 4) is 0 Å². The number of aromatic nitrogens is 2. The zero-order chi connectivity index (χ0) is 13.8. The van der Waals surface area contributed by atoms with Crippen LogP contribution in [-0.4, -0.2) is 20.9 Å². The van der Waals surface area contributed by atoms with E-state index in [4.69, 9.17) is 4.42 Å². The van der Waals surface area contributed by atoms with E-state index in [-0.39, 0.29) is 6.04 Å². The Morgan fingerprint density at radius 2 is 2.32 bits per heavy atom. The Labute approximate surface area is 113 Å². The first-order valence-corrected chi connectivity index (χ1v) is 6.50. The van der Waals surface area contributed by atoms with E-state index in [1.54, 1.807) is 18.4 Å². The number of rotatable bonds is 6. The van der Waals surface area contributed by atoms with Gasteiger partial charge in [-0.25, -0.2) is 0 Å². The van der Waals surface area contributed by atoms with Gasteiger partial charge in [0.15, 0.2) is 0 Å². The molecular formula is C14H21N3O2. The Morgan fingerprint density at radius 1 is 1.53 bits per heavy atom. The molecular weight excluding hydrogens is 242 g/mol. The third-order valence-electron chi connectivity index (χ3n) is 3.43. The van der Waals surface area contributed by atoms with E-state index in [9.17, 15) is 5.11 Å². The standard InChI is InChI=1S/C14H21N3O2/c1-10(7-13(18)14-5-4-6-19-14)15-8-12-9-16-17(3)11(12)2/h4-6,9-10,13,15,18H,7-8H2,1-3H3. The van der Waals surface area contributed by atoms with Gasteiger partial charge in [0.2, 0.25) is 0 Å². The van der Waals surface area contributed by atoms with E-state index < -0.39 is 6.10 Å². The minimum absolute atomic E-state index is 0.194. The van der Waals surface area contributed by atoms with E-state index >= 15 is 0 Å². The summed E-state index contributed by atoms with van der Waals surface area (Å²) in [7, 11) is 1.93. The van der Waals surface area contributed by atoms with E-state index in [1.165, 1.54) is 5.56 Å². The van der Waals surface area contributed by atoms with Gasteiger partial charge in [-0.15, -0.1) is 0 Å². The van der Waals surface area contributed by atoms with Crippen molar-refractivity contribution >= 4 is 0 Å². The summed E-state index contributed by atoms with van der Waals surface area (Å²) in [4.78, 5) is 0. The molecule has 2 aromatic heterocycles. The van der Waals surface area contributed by atoms with Crippen LogP contribution in [0.4, 0.5) is 0 Å². The molecule has 0 spiro atoms. The van der Waals surface area contributed by atoms with Crippen LogP contribution in [0.1, 0.15) is 36.5 Å². The lowest BCUT2D eigenvalue weighted by atomic mass is 10.1. The molecule has 2 aromatic rings. The topological polar surface area (TPSA) is 63.2 Å². The maximum atomic E-state index is 9.99. The van der Waals surface area contributed by atoms with Gasteiger partial charge in [-0.05, 0) is 32.4 Å². The lowest BCUT2D eigenvalue weighted by Crippen LogP contribution is -2.27. The molecule has 0 radical (unpaired) electrons. The minimum Gasteiger partial charge on any atom is -0.467 e. The summed E-state index contributed by atoms with van der Waals surface area (Å²) < 4.78 is 7.05. The summed E-state index contributed by atoms with van der Waals surface area (Å²) in [5, 5.41) is 17.6. The summed E-state index contributed by atoms with van der Waals surface area (Å²) in [6, 6.07) is 3.78. The molecule has 0 saturated heterocycles. The second kappa shape index (κ2) is 6.04. The van der Waals surface area contributed by atoms with Gasteiger partial charge in [-0.2, -0.15) is 5.10 Å². The van der Waals surface area contributed by atoms with Gasteiger partial charge < -0.3 is 14.8 Å². The fourth-order valence-corrected chi connectivity index (χ4v) is 2.02. The Morgan fingerprint density at radius 3 is 2.89 bits per heavy atom. The number of hydrogen-bond donors (Lipinski definition) is 2. The Bertz CT molecular complexity index is 505. The Balaban J connectivity index is 1.81. The van der Waals surface area contributed by atoms with Crippen molar-refractivity contribution < 1.29 is 9.52 Å². The quantitative estimate of drug-likeness (QED) is 0.836. The molecule has 0 bridgehead atoms. The molecule has 2 atom stereocenters. The van der Waals surface area contributed by atoms with E-state index in [2.05, 4.69) is 17.3 Å². The number of nitrogens with one attached hydrogen (secondary N) is 1. The van der Waals surface area contributed by atoms with Crippen molar-refractivity contribution in [1.29, 1.82) is 0 Å². The van der Waals surface area contributed by atoms with Crippen LogP contribution in [0.15, 0.2) is 29.0 Å². The molecule has 0 aliphatic heterocycles. The van der Waals surface area contributed by atoms with Crippen molar-refractivity contribution in [2.45, 2.75) is 39.0 Å². The molecule has 0 saturated carbocycles. The average Bonchev–Trinajstić information content (AvgIpc) is 3.00. The summed E-state index contributed by atoms with van der Waals surface area (Å²) >= 11 is 0. The molecule has 104 valence electrons. The fourth-order valence-electron chi connectivity index (χ4n) is 2.02. The van der Waals surface area contributed by atoms with Crippen LogP contribution < -0.4 is 5.32 Å². The molecule has 5 heteroatoms. The summed E-state index contributed by atoms with van der Waals surface area (Å²) in [6.07, 6.45) is 3.51. The molecule has 0 aromatic carbocycles. The van der Waals surface area contributed by atoms with Crippen molar-refractivity contribution in [3.63, 3.8) is 0 Å². The Kier molecular flexibility index (Phi) is 4.39. The maximum absolute atomic E-state index is 9.99. The smallest absolute Gasteiger partial charge is 0.132 e. The average molecular weight is 263 g/mol. The number of furan rings is 1. The number of hydrogen-bond acceptors (Lipinski definition) is 4. The third kappa shape index (κ3) is 3.45. The van der Waals surface area contributed by atoms with Gasteiger partial charge >= 0.3 is 0 Å². The van der Waals surface area contributed by atoms with Gasteiger partial charge in [0.05, 0.1) is 12.5 Å². The second-order valence-corrected chi connectivity index (χ2v) is 4.93. The number of aliphatic hydroxyl groups is 1. The zero-order valence-electron chi connectivity index (χ0n) is 11.6. The molecule has 0 aliphatic rings. The SMILES string of the molecule is Cc1c(CNC(C)CC(O)c2ccco2)cnn1C. The van der Waals surface area contributed by atoms with Crippen LogP contribution in [0.5, 0.6) is 0 Å². The predicted octanol–water partition coefficient (Wildman–Crippen LogP) is 1.92. The van der Waals surface area contributed by atoms with E-state index in [1.807, 2.05) is 24.9 Å². The lowest BCUT2D eigenvalue weighted by molar-refractivity contribution is 0.128. The monoisotopic (exact) mass is 263 g/mol. The fraction of sp³-hybridized carbons (Fsp3) is 0.500. The highest BCUT2D eigenvalue weighted by Gasteiger charge is 2.15. The summed E-state index contributed by atoms with van der Waals surface area (Å²) in [5.74, 6) is 0.617. The Hall–Kier alpha value is -1.59. The highest BCUT2D eigenvalue weighted by molar-refractivity contribution is 5.15. The van der Waals surface area contributed by atoms with Gasteiger partial charge in [-0.1, -0.05) is 0 Å². The molecule has 2 heterocycles. The van der Waals surface area contributed by atoms with E-state index in [0.29, 0.717) is 12.2 Å². The van der Waals surface area contributed by atoms with E-state index in [0.717, 1.165) is 12.2 Å². The largest absolute Gasteiger partial charge is 0.467 e. The first-order chi connectivity index (χ1) is 9.08. The van der Waals surface area contributed by atoms with Crippen LogP contribution in [-0.2, 0) is 13.6 Å². The van der Waals surface area contributed by atoms with Crippen molar-refractivity contribution in [1.82, 2.24) is 15.1 Å². The van der Waals surface area contributed by atoms with Gasteiger partial charge in [0, 0.05) is 30.9 Å². The lowest BCUT2D eigenvalue weighted by Gasteiger charge is -2.16. The van der Waals surface area contributed by atoms with Gasteiger partial charge in [0.25, 0.3) is 0 Å². The van der Waals surface area contributed by atoms with Crippen molar-refractivity contribution in [3.05, 3.63) is 41.6 Å². The maximum Gasteiger partial charge on any atom is 0.132 e. The number of aryl methyl sites for hydroxylation is 1. The molecule has 0 fully saturated rings. The van der Waals surface area contributed by atoms with Gasteiger partial charge in [0.1, 0.15) is 11.9 Å². The molecule has 2 unspecified atom stereocenters. The van der Waals surface area contributed by atoms with Crippen LogP contribution in [0, 0.1) is 6.92 Å². The molecule has 0 aliphatic carbocycles. The van der Waals surface area contributed by atoms with Gasteiger partial charge in [-0.3, -0.25) is 4.68 Å². The summed E-state index contributed by atoms with van der Waals surface area (Å²) in [5.41, 5.74) is 2.34. The molecule has 2 rings (SSSR count). The normalized spacial score (nSPS) is 14.5.